The molecule has 0 saturated heterocycles. The zero-order valence-corrected chi connectivity index (χ0v) is 12.9. The third-order valence-electron chi connectivity index (χ3n) is 5.01. The van der Waals surface area contributed by atoms with E-state index in [4.69, 9.17) is 0 Å². The molecule has 23 heavy (non-hydrogen) atoms. The number of aromatic hydroxyl groups is 1. The third kappa shape index (κ3) is 2.59. The molecule has 1 heterocycles. The number of hydrogen-bond donors (Lipinski definition) is 3. The molecule has 118 valence electrons. The topological polar surface area (TPSA) is 61.4 Å². The molecule has 4 nitrogen and oxygen atoms in total. The van der Waals surface area contributed by atoms with Crippen LogP contribution in [0, 0.1) is 0 Å². The van der Waals surface area contributed by atoms with Gasteiger partial charge in [-0.25, -0.2) is 0 Å². The lowest BCUT2D eigenvalue weighted by Gasteiger charge is -2.32. The summed E-state index contributed by atoms with van der Waals surface area (Å²) in [5.41, 5.74) is 3.69. The minimum atomic E-state index is -0.283. The SMILES string of the molecule is O=C(NCc1ccc(O)cc1)C1NCC2(CC2)c2ccccc21. The van der Waals surface area contributed by atoms with Crippen LogP contribution in [0.4, 0.5) is 0 Å². The second kappa shape index (κ2) is 5.39. The van der Waals surface area contributed by atoms with Gasteiger partial charge in [-0.05, 0) is 41.7 Å². The lowest BCUT2D eigenvalue weighted by molar-refractivity contribution is -0.123. The predicted octanol–water partition coefficient (Wildman–Crippen LogP) is 2.38. The van der Waals surface area contributed by atoms with Gasteiger partial charge < -0.3 is 15.7 Å². The van der Waals surface area contributed by atoms with Gasteiger partial charge in [0.25, 0.3) is 0 Å². The molecule has 2 aliphatic rings. The predicted molar refractivity (Wildman–Crippen MR) is 88.1 cm³/mol. The lowest BCUT2D eigenvalue weighted by Crippen LogP contribution is -2.45. The van der Waals surface area contributed by atoms with Gasteiger partial charge in [0.05, 0.1) is 0 Å². The van der Waals surface area contributed by atoms with Gasteiger partial charge in [0.2, 0.25) is 5.91 Å². The van der Waals surface area contributed by atoms with E-state index >= 15 is 0 Å². The fourth-order valence-corrected chi connectivity index (χ4v) is 3.47. The second-order valence-corrected chi connectivity index (χ2v) is 6.57. The maximum atomic E-state index is 12.6. The van der Waals surface area contributed by atoms with Crippen molar-refractivity contribution in [3.63, 3.8) is 0 Å². The van der Waals surface area contributed by atoms with Crippen molar-refractivity contribution in [1.29, 1.82) is 0 Å². The Hall–Kier alpha value is -2.33. The summed E-state index contributed by atoms with van der Waals surface area (Å²) in [6.45, 7) is 1.34. The van der Waals surface area contributed by atoms with Gasteiger partial charge in [0.1, 0.15) is 11.8 Å². The Kier molecular flexibility index (Phi) is 3.34. The molecular formula is C19H20N2O2. The van der Waals surface area contributed by atoms with Crippen molar-refractivity contribution in [2.45, 2.75) is 30.8 Å². The molecule has 1 fully saturated rings. The number of rotatable bonds is 3. The van der Waals surface area contributed by atoms with Crippen LogP contribution in [0.2, 0.25) is 0 Å². The van der Waals surface area contributed by atoms with Crippen molar-refractivity contribution < 1.29 is 9.90 Å². The van der Waals surface area contributed by atoms with Gasteiger partial charge in [0, 0.05) is 18.5 Å². The Labute approximate surface area is 135 Å². The molecule has 1 unspecified atom stereocenters. The summed E-state index contributed by atoms with van der Waals surface area (Å²) in [7, 11) is 0. The molecule has 2 aromatic rings. The van der Waals surface area contributed by atoms with Crippen molar-refractivity contribution in [2.75, 3.05) is 6.54 Å². The van der Waals surface area contributed by atoms with Crippen LogP contribution in [0.25, 0.3) is 0 Å². The summed E-state index contributed by atoms with van der Waals surface area (Å²) >= 11 is 0. The van der Waals surface area contributed by atoms with Crippen LogP contribution in [0.5, 0.6) is 5.75 Å². The van der Waals surface area contributed by atoms with E-state index in [1.807, 2.05) is 18.2 Å². The summed E-state index contributed by atoms with van der Waals surface area (Å²) in [6.07, 6.45) is 2.41. The number of hydrogen-bond acceptors (Lipinski definition) is 3. The number of phenolic OH excluding ortho intramolecular Hbond substituents is 1. The molecule has 0 aromatic heterocycles. The van der Waals surface area contributed by atoms with Gasteiger partial charge >= 0.3 is 0 Å². The third-order valence-corrected chi connectivity index (χ3v) is 5.01. The molecule has 1 spiro atoms. The minimum Gasteiger partial charge on any atom is -0.508 e. The van der Waals surface area contributed by atoms with E-state index in [9.17, 15) is 9.90 Å². The van der Waals surface area contributed by atoms with Gasteiger partial charge in [-0.1, -0.05) is 36.4 Å². The monoisotopic (exact) mass is 308 g/mol. The van der Waals surface area contributed by atoms with Crippen LogP contribution in [0.3, 0.4) is 0 Å². The molecule has 1 atom stereocenters. The normalized spacial score (nSPS) is 20.8. The highest BCUT2D eigenvalue weighted by atomic mass is 16.3. The summed E-state index contributed by atoms with van der Waals surface area (Å²) in [6, 6.07) is 14.9. The number of nitrogens with one attached hydrogen (secondary N) is 2. The molecule has 2 aromatic carbocycles. The number of benzene rings is 2. The molecular weight excluding hydrogens is 288 g/mol. The Bertz CT molecular complexity index is 735. The van der Waals surface area contributed by atoms with Crippen molar-refractivity contribution >= 4 is 5.91 Å². The van der Waals surface area contributed by atoms with Gasteiger partial charge in [0.15, 0.2) is 0 Å². The van der Waals surface area contributed by atoms with Gasteiger partial charge in [-0.3, -0.25) is 4.79 Å². The quantitative estimate of drug-likeness (QED) is 0.816. The Morgan fingerprint density at radius 2 is 1.91 bits per heavy atom. The number of amides is 1. The van der Waals surface area contributed by atoms with Crippen molar-refractivity contribution in [2.24, 2.45) is 0 Å². The summed E-state index contributed by atoms with van der Waals surface area (Å²) in [5.74, 6) is 0.235. The van der Waals surface area contributed by atoms with E-state index in [-0.39, 0.29) is 23.1 Å². The van der Waals surface area contributed by atoms with E-state index in [1.165, 1.54) is 18.4 Å². The molecule has 1 aliphatic heterocycles. The Morgan fingerprint density at radius 1 is 1.17 bits per heavy atom. The standard InChI is InChI=1S/C19H20N2O2/c22-14-7-5-13(6-8-14)11-20-18(23)17-15-3-1-2-4-16(15)19(9-10-19)12-21-17/h1-8,17,21-22H,9-12H2,(H,20,23). The molecule has 1 aliphatic carbocycles. The first-order valence-electron chi connectivity index (χ1n) is 8.06. The Balaban J connectivity index is 1.49. The smallest absolute Gasteiger partial charge is 0.242 e. The van der Waals surface area contributed by atoms with Crippen LogP contribution in [-0.4, -0.2) is 17.6 Å². The van der Waals surface area contributed by atoms with Gasteiger partial charge in [-0.2, -0.15) is 0 Å². The fourth-order valence-electron chi connectivity index (χ4n) is 3.47. The van der Waals surface area contributed by atoms with Gasteiger partial charge in [-0.15, -0.1) is 0 Å². The average molecular weight is 308 g/mol. The molecule has 0 bridgehead atoms. The average Bonchev–Trinajstić information content (AvgIpc) is 3.35. The summed E-state index contributed by atoms with van der Waals surface area (Å²) in [5, 5.41) is 15.7. The molecule has 0 radical (unpaired) electrons. The molecule has 4 rings (SSSR count). The van der Waals surface area contributed by atoms with Crippen LogP contribution in [0.15, 0.2) is 48.5 Å². The maximum absolute atomic E-state index is 12.6. The largest absolute Gasteiger partial charge is 0.508 e. The van der Waals surface area contributed by atoms with Crippen LogP contribution in [-0.2, 0) is 16.8 Å². The highest BCUT2D eigenvalue weighted by molar-refractivity contribution is 5.84. The van der Waals surface area contributed by atoms with E-state index < -0.39 is 0 Å². The fraction of sp³-hybridized carbons (Fsp3) is 0.316. The first-order valence-corrected chi connectivity index (χ1v) is 8.06. The van der Waals surface area contributed by atoms with E-state index in [1.54, 1.807) is 12.1 Å². The maximum Gasteiger partial charge on any atom is 0.242 e. The zero-order valence-electron chi connectivity index (χ0n) is 12.9. The minimum absolute atomic E-state index is 0.000949. The van der Waals surface area contributed by atoms with Crippen molar-refractivity contribution in [3.8, 4) is 5.75 Å². The van der Waals surface area contributed by atoms with Crippen molar-refractivity contribution in [3.05, 3.63) is 65.2 Å². The molecule has 1 amide bonds. The van der Waals surface area contributed by atoms with Crippen LogP contribution < -0.4 is 10.6 Å². The van der Waals surface area contributed by atoms with E-state index in [0.717, 1.165) is 17.7 Å². The number of fused-ring (bicyclic) bond motifs is 2. The van der Waals surface area contributed by atoms with Crippen LogP contribution >= 0.6 is 0 Å². The highest BCUT2D eigenvalue weighted by Crippen LogP contribution is 2.52. The highest BCUT2D eigenvalue weighted by Gasteiger charge is 2.49. The zero-order chi connectivity index (χ0) is 15.9. The number of phenols is 1. The molecule has 3 N–H and O–H groups in total. The van der Waals surface area contributed by atoms with Crippen molar-refractivity contribution in [1.82, 2.24) is 10.6 Å². The Morgan fingerprint density at radius 3 is 2.65 bits per heavy atom. The van der Waals surface area contributed by atoms with E-state index in [0.29, 0.717) is 6.54 Å². The molecule has 4 heteroatoms. The number of carbonyl (C=O) groups is 1. The first-order chi connectivity index (χ1) is 11.2. The van der Waals surface area contributed by atoms with Crippen LogP contribution in [0.1, 0.15) is 35.6 Å². The first kappa shape index (κ1) is 14.3. The summed E-state index contributed by atoms with van der Waals surface area (Å²) in [4.78, 5) is 12.6. The number of carbonyl (C=O) groups excluding carboxylic acids is 1. The summed E-state index contributed by atoms with van der Waals surface area (Å²) < 4.78 is 0. The second-order valence-electron chi connectivity index (χ2n) is 6.57. The van der Waals surface area contributed by atoms with E-state index in [2.05, 4.69) is 28.8 Å². The lowest BCUT2D eigenvalue weighted by atomic mass is 9.84. The molecule has 1 saturated carbocycles.